The first-order chi connectivity index (χ1) is 53.1. The van der Waals surface area contributed by atoms with Crippen LogP contribution in [0.2, 0.25) is 0 Å². The highest BCUT2D eigenvalue weighted by Crippen LogP contribution is 2.40. The number of ether oxygens (including phenoxy) is 4. The number of hydrogen-bond acceptors (Lipinski definition) is 17. The number of azo groups is 2. The summed E-state index contributed by atoms with van der Waals surface area (Å²) in [6.07, 6.45) is 45.4. The third-order valence-electron chi connectivity index (χ3n) is 23.3. The van der Waals surface area contributed by atoms with Crippen LogP contribution in [0.1, 0.15) is 342 Å². The van der Waals surface area contributed by atoms with Gasteiger partial charge in [0, 0.05) is 37.1 Å². The van der Waals surface area contributed by atoms with Crippen molar-refractivity contribution in [1.29, 1.82) is 5.26 Å². The van der Waals surface area contributed by atoms with E-state index in [1.807, 2.05) is 6.07 Å². The lowest BCUT2D eigenvalue weighted by Crippen LogP contribution is -2.35. The number of rotatable bonds is 51. The molecule has 0 amide bonds. The number of aromatic nitrogens is 2. The molecule has 2 heterocycles. The summed E-state index contributed by atoms with van der Waals surface area (Å²) in [5, 5.41) is 49.6. The fraction of sp³-hybridized carbons (Fsp3) is 0.681. The summed E-state index contributed by atoms with van der Waals surface area (Å²) in [6.45, 7) is 20.8. The Morgan fingerprint density at radius 3 is 1.21 bits per heavy atom. The average molecular weight is 1520 g/mol. The van der Waals surface area contributed by atoms with Crippen LogP contribution in [0.15, 0.2) is 78.6 Å². The normalized spacial score (nSPS) is 17.8. The number of hydrogen-bond donors (Lipinski definition) is 2. The van der Waals surface area contributed by atoms with Crippen LogP contribution in [0.5, 0.6) is 11.8 Å². The van der Waals surface area contributed by atoms with Crippen molar-refractivity contribution in [1.82, 2.24) is 9.13 Å². The molecule has 19 nitrogen and oxygen atoms in total. The van der Waals surface area contributed by atoms with Crippen molar-refractivity contribution in [3.63, 3.8) is 0 Å². The molecule has 2 saturated carbocycles. The Kier molecular flexibility index (Phi) is 41.5. The Hall–Kier alpha value is -7.93. The summed E-state index contributed by atoms with van der Waals surface area (Å²) in [4.78, 5) is 81.2. The van der Waals surface area contributed by atoms with Crippen molar-refractivity contribution >= 4 is 46.6 Å². The second kappa shape index (κ2) is 50.1. The quantitative estimate of drug-likeness (QED) is 0.0137. The number of esters is 4. The molecular formula is C91H135N7O12. The number of unbranched alkanes of at least 4 members (excludes halogenated alkanes) is 20. The minimum Gasteiger partial charge on any atom is -0.494 e. The van der Waals surface area contributed by atoms with E-state index in [2.05, 4.69) is 81.8 Å². The fourth-order valence-corrected chi connectivity index (χ4v) is 16.5. The van der Waals surface area contributed by atoms with E-state index in [1.165, 1.54) is 140 Å². The highest BCUT2D eigenvalue weighted by atomic mass is 16.6. The maximum absolute atomic E-state index is 14.0. The van der Waals surface area contributed by atoms with E-state index in [-0.39, 0.29) is 143 Å². The van der Waals surface area contributed by atoms with Gasteiger partial charge in [0.05, 0.1) is 35.5 Å². The van der Waals surface area contributed by atoms with Gasteiger partial charge in [-0.25, -0.2) is 9.59 Å². The maximum Gasteiger partial charge on any atom is 0.340 e. The SMILES string of the molecule is C#Cc1c(C)c(O)n(CCCOC(=O)CCCCCCCC(CCCCCCCCC)C(CCCCCCCCC)CCCCCCCC(=O)OCCCn2c(O)c(C)c(C#N)c(N=Nc3ccccc3C(=O)OC3CC(C)CCC3C(C)C)c2=O)c(=O)c1N=Nc1ccccc1C(=O)OC1CC(C)CCC1C(C)C. The smallest absolute Gasteiger partial charge is 0.340 e. The van der Waals surface area contributed by atoms with Gasteiger partial charge in [-0.15, -0.1) is 26.9 Å². The van der Waals surface area contributed by atoms with Gasteiger partial charge in [0.15, 0.2) is 23.1 Å². The van der Waals surface area contributed by atoms with Crippen molar-refractivity contribution in [2.45, 2.75) is 339 Å². The molecule has 8 unspecified atom stereocenters. The molecule has 0 spiro atoms. The minimum absolute atomic E-state index is 0.00404. The zero-order valence-electron chi connectivity index (χ0n) is 68.8. The van der Waals surface area contributed by atoms with Crippen molar-refractivity contribution < 1.29 is 48.3 Å². The van der Waals surface area contributed by atoms with E-state index < -0.39 is 23.1 Å². The molecule has 8 atom stereocenters. The van der Waals surface area contributed by atoms with Crippen LogP contribution in [-0.4, -0.2) is 68.6 Å². The van der Waals surface area contributed by atoms with Crippen molar-refractivity contribution in [3.8, 4) is 30.2 Å². The molecule has 2 fully saturated rings. The van der Waals surface area contributed by atoms with E-state index >= 15 is 0 Å². The molecule has 2 N–H and O–H groups in total. The van der Waals surface area contributed by atoms with Crippen molar-refractivity contribution in [2.75, 3.05) is 13.2 Å². The lowest BCUT2D eigenvalue weighted by molar-refractivity contribution is -0.144. The Labute approximate surface area is 658 Å². The molecule has 110 heavy (non-hydrogen) atoms. The lowest BCUT2D eigenvalue weighted by atomic mass is 9.75. The van der Waals surface area contributed by atoms with Crippen LogP contribution in [-0.2, 0) is 41.6 Å². The molecule has 606 valence electrons. The summed E-state index contributed by atoms with van der Waals surface area (Å²) in [5.74, 6) is 3.65. The number of pyridine rings is 2. The lowest BCUT2D eigenvalue weighted by Gasteiger charge is -2.36. The van der Waals surface area contributed by atoms with Gasteiger partial charge in [-0.1, -0.05) is 265 Å². The Bertz CT molecular complexity index is 3520. The van der Waals surface area contributed by atoms with Gasteiger partial charge in [0.25, 0.3) is 11.1 Å². The van der Waals surface area contributed by atoms with Gasteiger partial charge in [-0.3, -0.25) is 28.3 Å². The highest BCUT2D eigenvalue weighted by molar-refractivity contribution is 5.95. The molecule has 0 radical (unpaired) electrons. The zero-order chi connectivity index (χ0) is 79.7. The first-order valence-electron chi connectivity index (χ1n) is 42.7. The third kappa shape index (κ3) is 29.6. The topological polar surface area (TPSA) is 263 Å². The number of terminal acetylenes is 1. The number of carbonyl (C=O) groups excluding carboxylic acids is 4. The summed E-state index contributed by atoms with van der Waals surface area (Å²) in [5.41, 5.74) is -0.548. The maximum atomic E-state index is 14.0. The minimum atomic E-state index is -0.730. The first kappa shape index (κ1) is 91.0. The second-order valence-corrected chi connectivity index (χ2v) is 32.6. The number of aromatic hydroxyl groups is 2. The third-order valence-corrected chi connectivity index (χ3v) is 23.3. The summed E-state index contributed by atoms with van der Waals surface area (Å²) in [7, 11) is 0. The van der Waals surface area contributed by atoms with Gasteiger partial charge in [-0.2, -0.15) is 5.26 Å². The van der Waals surface area contributed by atoms with Crippen LogP contribution in [0.3, 0.4) is 0 Å². The standard InChI is InChI=1S/C91H135N7O12/c1-12-15-17-19-21-25-31-43-70(45-33-27-23-29-35-51-82(99)107-59-41-57-97-86(101)68(10)72(14-3)84(88(97)103)95-93-78-49-39-37-47-75(78)90(105)109-80-61-66(8)53-55-73(80)64(4)5)71(44-32-26-22-20-18-16-13-2)46-34-28-24-30-36-52-83(100)108-60-42-58-98-87(102)69(11)77(63-92)85(89(98)104)96-94-79-50-40-38-48-76(79)91(106)110-81-62-67(9)54-56-74(81)65(6)7/h3,37-40,47-50,64-67,70-71,73-74,80-81,101-102H,12-13,15-36,41-46,51-62H2,1-2,4-11H3. The molecule has 0 bridgehead atoms. The number of benzene rings is 2. The summed E-state index contributed by atoms with van der Waals surface area (Å²) in [6, 6.07) is 15.4. The molecule has 2 aliphatic rings. The van der Waals surface area contributed by atoms with Gasteiger partial charge in [0.2, 0.25) is 0 Å². The van der Waals surface area contributed by atoms with Crippen molar-refractivity contribution in [3.05, 3.63) is 103 Å². The molecule has 6 rings (SSSR count). The molecule has 0 saturated heterocycles. The average Bonchev–Trinajstić information content (AvgIpc) is 0.779. The first-order valence-corrected chi connectivity index (χ1v) is 42.7. The highest BCUT2D eigenvalue weighted by Gasteiger charge is 2.36. The molecule has 4 aromatic rings. The van der Waals surface area contributed by atoms with Gasteiger partial charge in [-0.05, 0) is 137 Å². The predicted octanol–water partition coefficient (Wildman–Crippen LogP) is 23.5. The fourth-order valence-electron chi connectivity index (χ4n) is 16.5. The summed E-state index contributed by atoms with van der Waals surface area (Å²) < 4.78 is 25.8. The van der Waals surface area contributed by atoms with E-state index in [1.54, 1.807) is 55.5 Å². The Morgan fingerprint density at radius 2 is 0.845 bits per heavy atom. The number of carbonyl (C=O) groups is 4. The Balaban J connectivity index is 0.941. The van der Waals surface area contributed by atoms with Crippen LogP contribution in [0.25, 0.3) is 0 Å². The molecule has 2 aromatic carbocycles. The van der Waals surface area contributed by atoms with Gasteiger partial charge in [0.1, 0.15) is 29.7 Å². The number of nitrogens with zero attached hydrogens (tertiary/aromatic N) is 7. The van der Waals surface area contributed by atoms with Gasteiger partial charge >= 0.3 is 23.9 Å². The van der Waals surface area contributed by atoms with Crippen LogP contribution in [0.4, 0.5) is 22.7 Å². The van der Waals surface area contributed by atoms with Crippen LogP contribution >= 0.6 is 0 Å². The summed E-state index contributed by atoms with van der Waals surface area (Å²) >= 11 is 0. The van der Waals surface area contributed by atoms with Crippen molar-refractivity contribution in [2.24, 2.45) is 67.8 Å². The molecule has 0 aliphatic heterocycles. The van der Waals surface area contributed by atoms with E-state index in [0.717, 1.165) is 94.5 Å². The predicted molar refractivity (Wildman–Crippen MR) is 437 cm³/mol. The second-order valence-electron chi connectivity index (χ2n) is 32.6. The molecule has 19 heteroatoms. The Morgan fingerprint density at radius 1 is 0.500 bits per heavy atom. The van der Waals surface area contributed by atoms with E-state index in [9.17, 15) is 44.2 Å². The van der Waals surface area contributed by atoms with Crippen LogP contribution < -0.4 is 11.1 Å². The molecular weight excluding hydrogens is 1380 g/mol. The number of nitriles is 1. The van der Waals surface area contributed by atoms with Crippen LogP contribution in [0, 0.1) is 84.9 Å². The van der Waals surface area contributed by atoms with Gasteiger partial charge < -0.3 is 29.2 Å². The molecule has 2 aromatic heterocycles. The zero-order valence-corrected chi connectivity index (χ0v) is 68.8. The van der Waals surface area contributed by atoms with E-state index in [0.29, 0.717) is 48.3 Å². The largest absolute Gasteiger partial charge is 0.494 e. The molecule has 2 aliphatic carbocycles. The van der Waals surface area contributed by atoms with E-state index in [4.69, 9.17) is 25.4 Å². The monoisotopic (exact) mass is 1520 g/mol.